The molecule has 130 valence electrons. The van der Waals surface area contributed by atoms with E-state index in [4.69, 9.17) is 9.15 Å². The van der Waals surface area contributed by atoms with E-state index in [2.05, 4.69) is 11.5 Å². The Bertz CT molecular complexity index is 981. The minimum Gasteiger partial charge on any atom is -0.485 e. The van der Waals surface area contributed by atoms with Gasteiger partial charge in [0.1, 0.15) is 11.3 Å². The molecule has 3 aromatic rings. The number of ether oxygens (including phenoxy) is 1. The van der Waals surface area contributed by atoms with Crippen molar-refractivity contribution < 1.29 is 13.9 Å². The van der Waals surface area contributed by atoms with E-state index in [1.807, 2.05) is 19.9 Å². The Labute approximate surface area is 145 Å². The van der Waals surface area contributed by atoms with Crippen LogP contribution in [0.2, 0.25) is 0 Å². The van der Waals surface area contributed by atoms with Crippen molar-refractivity contribution in [2.24, 2.45) is 0 Å². The number of carbonyl (C=O) groups excluding carboxylic acids is 1. The zero-order valence-corrected chi connectivity index (χ0v) is 14.7. The second-order valence-corrected chi connectivity index (χ2v) is 6.10. The van der Waals surface area contributed by atoms with Gasteiger partial charge in [0.15, 0.2) is 6.61 Å². The van der Waals surface area contributed by atoms with Crippen molar-refractivity contribution in [2.75, 3.05) is 6.61 Å². The number of aromatic nitrogens is 1. The van der Waals surface area contributed by atoms with Gasteiger partial charge in [0.05, 0.1) is 0 Å². The van der Waals surface area contributed by atoms with E-state index in [1.165, 1.54) is 6.07 Å². The maximum atomic E-state index is 12.5. The van der Waals surface area contributed by atoms with Gasteiger partial charge < -0.3 is 13.7 Å². The van der Waals surface area contributed by atoms with E-state index >= 15 is 0 Å². The van der Waals surface area contributed by atoms with Crippen LogP contribution in [0, 0.1) is 13.8 Å². The van der Waals surface area contributed by atoms with E-state index < -0.39 is 5.63 Å². The van der Waals surface area contributed by atoms with E-state index in [9.17, 15) is 9.59 Å². The van der Waals surface area contributed by atoms with Crippen LogP contribution in [0.5, 0.6) is 5.75 Å². The number of fused-ring (bicyclic) bond motifs is 1. The molecular weight excluding hydrogens is 318 g/mol. The van der Waals surface area contributed by atoms with Crippen LogP contribution in [-0.4, -0.2) is 17.0 Å². The summed E-state index contributed by atoms with van der Waals surface area (Å²) >= 11 is 0. The molecule has 0 unspecified atom stereocenters. The highest BCUT2D eigenvalue weighted by Crippen LogP contribution is 2.21. The molecule has 0 aliphatic carbocycles. The molecule has 2 heterocycles. The lowest BCUT2D eigenvalue weighted by Gasteiger charge is -2.08. The molecular formula is C20H21NO4. The first kappa shape index (κ1) is 17.0. The van der Waals surface area contributed by atoms with Crippen molar-refractivity contribution >= 4 is 16.8 Å². The maximum Gasteiger partial charge on any atom is 0.336 e. The fraction of sp³-hybridized carbons (Fsp3) is 0.300. The quantitative estimate of drug-likeness (QED) is 0.505. The van der Waals surface area contributed by atoms with Crippen molar-refractivity contribution in [3.8, 4) is 5.75 Å². The van der Waals surface area contributed by atoms with E-state index in [0.717, 1.165) is 29.7 Å². The smallest absolute Gasteiger partial charge is 0.336 e. The van der Waals surface area contributed by atoms with Gasteiger partial charge in [0.2, 0.25) is 5.78 Å². The Morgan fingerprint density at radius 1 is 1.16 bits per heavy atom. The number of rotatable bonds is 6. The van der Waals surface area contributed by atoms with Crippen molar-refractivity contribution in [2.45, 2.75) is 33.7 Å². The zero-order chi connectivity index (χ0) is 18.0. The summed E-state index contributed by atoms with van der Waals surface area (Å²) in [6.45, 7) is 6.92. The van der Waals surface area contributed by atoms with Crippen LogP contribution in [0.15, 0.2) is 45.6 Å². The number of Topliss-reactive ketones (excluding diaryl/α,β-unsaturated/α-hetero) is 1. The molecule has 0 N–H and O–H groups in total. The van der Waals surface area contributed by atoms with Crippen LogP contribution in [0.1, 0.15) is 35.1 Å². The molecule has 0 spiro atoms. The van der Waals surface area contributed by atoms with Gasteiger partial charge in [-0.15, -0.1) is 0 Å². The summed E-state index contributed by atoms with van der Waals surface area (Å²) in [4.78, 5) is 23.8. The molecule has 0 saturated heterocycles. The number of benzene rings is 1. The van der Waals surface area contributed by atoms with Gasteiger partial charge in [-0.3, -0.25) is 4.79 Å². The largest absolute Gasteiger partial charge is 0.485 e. The molecule has 0 aliphatic rings. The Hall–Kier alpha value is -2.82. The Kier molecular flexibility index (Phi) is 4.74. The summed E-state index contributed by atoms with van der Waals surface area (Å²) in [6.07, 6.45) is 1.02. The third kappa shape index (κ3) is 3.50. The van der Waals surface area contributed by atoms with Crippen LogP contribution in [0.25, 0.3) is 11.0 Å². The summed E-state index contributed by atoms with van der Waals surface area (Å²) in [5, 5.41) is 0.807. The minimum absolute atomic E-state index is 0.0566. The highest BCUT2D eigenvalue weighted by Gasteiger charge is 2.16. The standard InChI is InChI=1S/C20H21NO4/c1-4-9-21-13(2)10-17(14(21)3)18(22)12-24-16-7-5-15-6-8-20(23)25-19(15)11-16/h5-8,10-11H,4,9,12H2,1-3H3. The van der Waals surface area contributed by atoms with E-state index in [0.29, 0.717) is 16.9 Å². The summed E-state index contributed by atoms with van der Waals surface area (Å²) in [7, 11) is 0. The summed E-state index contributed by atoms with van der Waals surface area (Å²) in [5.74, 6) is 0.433. The molecule has 5 heteroatoms. The fourth-order valence-electron chi connectivity index (χ4n) is 3.01. The van der Waals surface area contributed by atoms with Gasteiger partial charge in [0.25, 0.3) is 0 Å². The lowest BCUT2D eigenvalue weighted by Crippen LogP contribution is -2.13. The average molecular weight is 339 g/mol. The highest BCUT2D eigenvalue weighted by atomic mass is 16.5. The summed E-state index contributed by atoms with van der Waals surface area (Å²) < 4.78 is 12.9. The summed E-state index contributed by atoms with van der Waals surface area (Å²) in [6, 6.07) is 10.2. The van der Waals surface area contributed by atoms with E-state index in [-0.39, 0.29) is 12.4 Å². The van der Waals surface area contributed by atoms with Gasteiger partial charge in [-0.1, -0.05) is 6.92 Å². The van der Waals surface area contributed by atoms with Crippen LogP contribution in [0.4, 0.5) is 0 Å². The monoisotopic (exact) mass is 339 g/mol. The van der Waals surface area contributed by atoms with Crippen LogP contribution >= 0.6 is 0 Å². The SMILES string of the molecule is CCCn1c(C)cc(C(=O)COc2ccc3ccc(=O)oc3c2)c1C. The molecule has 5 nitrogen and oxygen atoms in total. The van der Waals surface area contributed by atoms with E-state index in [1.54, 1.807) is 24.3 Å². The van der Waals surface area contributed by atoms with Crippen LogP contribution in [0.3, 0.4) is 0 Å². The number of hydrogen-bond donors (Lipinski definition) is 0. The van der Waals surface area contributed by atoms with Crippen molar-refractivity contribution in [1.29, 1.82) is 0 Å². The van der Waals surface area contributed by atoms with Gasteiger partial charge in [-0.05, 0) is 44.5 Å². The second kappa shape index (κ2) is 6.97. The van der Waals surface area contributed by atoms with Gasteiger partial charge in [-0.25, -0.2) is 4.79 Å². The molecule has 0 amide bonds. The van der Waals surface area contributed by atoms with Crippen molar-refractivity contribution in [1.82, 2.24) is 4.57 Å². The molecule has 2 aromatic heterocycles. The topological polar surface area (TPSA) is 61.4 Å². The van der Waals surface area contributed by atoms with Gasteiger partial charge >= 0.3 is 5.63 Å². The first-order chi connectivity index (χ1) is 12.0. The third-order valence-corrected chi connectivity index (χ3v) is 4.29. The zero-order valence-electron chi connectivity index (χ0n) is 14.7. The van der Waals surface area contributed by atoms with Gasteiger partial charge in [-0.2, -0.15) is 0 Å². The average Bonchev–Trinajstić information content (AvgIpc) is 2.88. The Morgan fingerprint density at radius 3 is 2.68 bits per heavy atom. The highest BCUT2D eigenvalue weighted by molar-refractivity contribution is 5.98. The Morgan fingerprint density at radius 2 is 1.92 bits per heavy atom. The minimum atomic E-state index is -0.413. The molecule has 0 atom stereocenters. The molecule has 0 radical (unpaired) electrons. The number of nitrogens with zero attached hydrogens (tertiary/aromatic N) is 1. The third-order valence-electron chi connectivity index (χ3n) is 4.29. The molecule has 0 bridgehead atoms. The molecule has 0 saturated carbocycles. The predicted octanol–water partition coefficient (Wildman–Crippen LogP) is 3.88. The molecule has 0 fully saturated rings. The summed E-state index contributed by atoms with van der Waals surface area (Å²) in [5.41, 5.74) is 2.77. The van der Waals surface area contributed by atoms with Crippen LogP contribution < -0.4 is 10.4 Å². The van der Waals surface area contributed by atoms with Gasteiger partial charge in [0, 0.05) is 41.0 Å². The fourth-order valence-corrected chi connectivity index (χ4v) is 3.01. The molecule has 3 rings (SSSR count). The second-order valence-electron chi connectivity index (χ2n) is 6.10. The number of carbonyl (C=O) groups is 1. The van der Waals surface area contributed by atoms with Crippen molar-refractivity contribution in [3.63, 3.8) is 0 Å². The number of hydrogen-bond acceptors (Lipinski definition) is 4. The lowest BCUT2D eigenvalue weighted by molar-refractivity contribution is 0.0920. The lowest BCUT2D eigenvalue weighted by atomic mass is 10.1. The first-order valence-corrected chi connectivity index (χ1v) is 8.36. The molecule has 1 aromatic carbocycles. The molecule has 25 heavy (non-hydrogen) atoms. The van der Waals surface area contributed by atoms with Crippen LogP contribution in [-0.2, 0) is 6.54 Å². The predicted molar refractivity (Wildman–Crippen MR) is 96.5 cm³/mol. The molecule has 0 aliphatic heterocycles. The number of aryl methyl sites for hydroxylation is 1. The number of ketones is 1. The first-order valence-electron chi connectivity index (χ1n) is 8.36. The normalized spacial score (nSPS) is 11.0. The Balaban J connectivity index is 1.76. The van der Waals surface area contributed by atoms with Crippen molar-refractivity contribution in [3.05, 3.63) is 63.8 Å². The maximum absolute atomic E-state index is 12.5.